The number of phosphoric ester groups is 1. The van der Waals surface area contributed by atoms with Crippen LogP contribution in [0.1, 0.15) is 271 Å². The van der Waals surface area contributed by atoms with E-state index in [0.29, 0.717) is 23.9 Å². The van der Waals surface area contributed by atoms with Crippen LogP contribution in [0, 0.1) is 0 Å². The number of quaternary nitrogens is 1. The van der Waals surface area contributed by atoms with Crippen LogP contribution < -0.4 is 5.32 Å². The van der Waals surface area contributed by atoms with Gasteiger partial charge in [-0.3, -0.25) is 13.8 Å². The topological polar surface area (TPSA) is 105 Å². The van der Waals surface area contributed by atoms with Crippen LogP contribution in [0.2, 0.25) is 0 Å². The average Bonchev–Trinajstić information content (AvgIpc) is 3.23. The number of carbonyl (C=O) groups excluding carboxylic acids is 1. The van der Waals surface area contributed by atoms with E-state index >= 15 is 0 Å². The molecule has 0 fully saturated rings. The molecule has 3 N–H and O–H groups in total. The molecule has 3 unspecified atom stereocenters. The molecule has 1 amide bonds. The first kappa shape index (κ1) is 61.2. The Kier molecular flexibility index (Phi) is 44.8. The number of amides is 1. The number of hydrogen-bond acceptors (Lipinski definition) is 5. The molecule has 62 heavy (non-hydrogen) atoms. The SMILES string of the molecule is CCCCCCCCCC/C=C\CCCCCCCCCCCCCC(=O)NC(COP(=O)(O)OCC[N+](C)(C)C)C(O)CCCCCCCCCCCCCCCCCCC. The zero-order valence-corrected chi connectivity index (χ0v) is 43.0. The Labute approximate surface area is 386 Å². The highest BCUT2D eigenvalue weighted by Gasteiger charge is 2.28. The predicted molar refractivity (Wildman–Crippen MR) is 268 cm³/mol. The number of nitrogens with zero attached hydrogens (tertiary/aromatic N) is 1. The van der Waals surface area contributed by atoms with Gasteiger partial charge in [-0.25, -0.2) is 4.57 Å². The number of aliphatic hydroxyl groups is 1. The van der Waals surface area contributed by atoms with Crippen LogP contribution in [0.5, 0.6) is 0 Å². The summed E-state index contributed by atoms with van der Waals surface area (Å²) in [7, 11) is 1.63. The summed E-state index contributed by atoms with van der Waals surface area (Å²) in [6, 6.07) is -0.757. The molecule has 0 rings (SSSR count). The van der Waals surface area contributed by atoms with Gasteiger partial charge in [-0.05, 0) is 38.5 Å². The summed E-state index contributed by atoms with van der Waals surface area (Å²) in [5.41, 5.74) is 0. The van der Waals surface area contributed by atoms with E-state index in [4.69, 9.17) is 9.05 Å². The lowest BCUT2D eigenvalue weighted by Crippen LogP contribution is -2.46. The lowest BCUT2D eigenvalue weighted by Gasteiger charge is -2.26. The molecule has 0 aliphatic heterocycles. The minimum Gasteiger partial charge on any atom is -0.391 e. The van der Waals surface area contributed by atoms with Gasteiger partial charge in [0.05, 0.1) is 39.9 Å². The van der Waals surface area contributed by atoms with Gasteiger partial charge < -0.3 is 19.8 Å². The van der Waals surface area contributed by atoms with Crippen molar-refractivity contribution in [1.82, 2.24) is 5.32 Å². The largest absolute Gasteiger partial charge is 0.472 e. The highest BCUT2D eigenvalue weighted by molar-refractivity contribution is 7.47. The van der Waals surface area contributed by atoms with Gasteiger partial charge in [0.25, 0.3) is 0 Å². The third kappa shape index (κ3) is 47.2. The summed E-state index contributed by atoms with van der Waals surface area (Å²) in [4.78, 5) is 23.3. The van der Waals surface area contributed by atoms with E-state index in [1.54, 1.807) is 0 Å². The summed E-state index contributed by atoms with van der Waals surface area (Å²) in [6.45, 7) is 4.92. The molecular formula is C53H108N2O6P+. The van der Waals surface area contributed by atoms with Crippen LogP contribution in [0.3, 0.4) is 0 Å². The Morgan fingerprint density at radius 3 is 1.24 bits per heavy atom. The molecule has 0 aliphatic carbocycles. The van der Waals surface area contributed by atoms with Crippen LogP contribution in [0.15, 0.2) is 12.2 Å². The zero-order chi connectivity index (χ0) is 45.7. The second kappa shape index (κ2) is 45.4. The van der Waals surface area contributed by atoms with Gasteiger partial charge in [-0.15, -0.1) is 0 Å². The number of carbonyl (C=O) groups is 1. The van der Waals surface area contributed by atoms with Crippen molar-refractivity contribution in [1.29, 1.82) is 0 Å². The Morgan fingerprint density at radius 1 is 0.532 bits per heavy atom. The standard InChI is InChI=1S/C53H107N2O6P/c1-6-8-10-12-14-16-18-20-22-24-25-26-27-28-29-31-33-35-37-39-41-43-45-47-53(57)54-51(50-61-62(58,59)60-49-48-55(3,4)5)52(56)46-44-42-40-38-36-34-32-30-23-21-19-17-15-13-11-9-7-2/h24-25,51-52,56H,6-23,26-50H2,1-5H3,(H-,54,57,58,59)/p+1/b25-24-. The summed E-state index contributed by atoms with van der Waals surface area (Å²) in [5, 5.41) is 14.0. The van der Waals surface area contributed by atoms with Crippen molar-refractivity contribution in [2.24, 2.45) is 0 Å². The Hall–Kier alpha value is -0.760. The highest BCUT2D eigenvalue weighted by Crippen LogP contribution is 2.43. The molecule has 0 aromatic heterocycles. The van der Waals surface area contributed by atoms with Gasteiger partial charge >= 0.3 is 7.82 Å². The number of nitrogens with one attached hydrogen (secondary N) is 1. The molecule has 0 aliphatic rings. The van der Waals surface area contributed by atoms with Crippen LogP contribution in [-0.2, 0) is 18.4 Å². The fourth-order valence-corrected chi connectivity index (χ4v) is 8.96. The van der Waals surface area contributed by atoms with Crippen molar-refractivity contribution >= 4 is 13.7 Å². The van der Waals surface area contributed by atoms with Gasteiger partial charge in [0.15, 0.2) is 0 Å². The number of aliphatic hydroxyl groups excluding tert-OH is 1. The second-order valence-electron chi connectivity index (χ2n) is 20.0. The van der Waals surface area contributed by atoms with E-state index < -0.39 is 20.0 Å². The van der Waals surface area contributed by atoms with E-state index in [2.05, 4.69) is 31.3 Å². The first-order chi connectivity index (χ1) is 30.0. The predicted octanol–water partition coefficient (Wildman–Crippen LogP) is 15.9. The Balaban J connectivity index is 4.18. The summed E-state index contributed by atoms with van der Waals surface area (Å²) in [6.07, 6.45) is 53.9. The minimum atomic E-state index is -4.32. The smallest absolute Gasteiger partial charge is 0.391 e. The molecule has 3 atom stereocenters. The van der Waals surface area contributed by atoms with Gasteiger partial charge in [-0.1, -0.05) is 238 Å². The van der Waals surface area contributed by atoms with Gasteiger partial charge in [0.2, 0.25) is 5.91 Å². The van der Waals surface area contributed by atoms with E-state index in [1.165, 1.54) is 205 Å². The molecule has 370 valence electrons. The zero-order valence-electron chi connectivity index (χ0n) is 42.1. The normalized spacial score (nSPS) is 14.1. The summed E-state index contributed by atoms with van der Waals surface area (Å²) < 4.78 is 23.7. The monoisotopic (exact) mass is 900 g/mol. The molecule has 0 saturated carbocycles. The van der Waals surface area contributed by atoms with Gasteiger partial charge in [0.1, 0.15) is 13.2 Å². The van der Waals surface area contributed by atoms with Crippen molar-refractivity contribution in [2.75, 3.05) is 40.9 Å². The molecule has 0 saturated heterocycles. The molecule has 8 nitrogen and oxygen atoms in total. The van der Waals surface area contributed by atoms with Crippen molar-refractivity contribution in [3.05, 3.63) is 12.2 Å². The first-order valence-electron chi connectivity index (χ1n) is 27.1. The van der Waals surface area contributed by atoms with Crippen molar-refractivity contribution in [3.8, 4) is 0 Å². The maximum Gasteiger partial charge on any atom is 0.472 e. The molecule has 9 heteroatoms. The summed E-state index contributed by atoms with van der Waals surface area (Å²) >= 11 is 0. The van der Waals surface area contributed by atoms with E-state index in [-0.39, 0.29) is 19.1 Å². The molecule has 0 radical (unpaired) electrons. The fourth-order valence-electron chi connectivity index (χ4n) is 8.22. The number of phosphoric acid groups is 1. The molecule has 0 spiro atoms. The van der Waals surface area contributed by atoms with Crippen LogP contribution in [-0.4, -0.2) is 73.4 Å². The van der Waals surface area contributed by atoms with Crippen molar-refractivity contribution in [3.63, 3.8) is 0 Å². The van der Waals surface area contributed by atoms with Gasteiger partial charge in [0, 0.05) is 6.42 Å². The van der Waals surface area contributed by atoms with Gasteiger partial charge in [-0.2, -0.15) is 0 Å². The van der Waals surface area contributed by atoms with Crippen LogP contribution >= 0.6 is 7.82 Å². The van der Waals surface area contributed by atoms with E-state index in [1.807, 2.05) is 21.1 Å². The van der Waals surface area contributed by atoms with E-state index in [0.717, 1.165) is 38.5 Å². The minimum absolute atomic E-state index is 0.0770. The molecular weight excluding hydrogens is 792 g/mol. The van der Waals surface area contributed by atoms with E-state index in [9.17, 15) is 19.4 Å². The maximum absolute atomic E-state index is 13.0. The first-order valence-corrected chi connectivity index (χ1v) is 28.5. The summed E-state index contributed by atoms with van der Waals surface area (Å²) in [5.74, 6) is -0.141. The number of rotatable bonds is 50. The van der Waals surface area contributed by atoms with Crippen molar-refractivity contribution in [2.45, 2.75) is 283 Å². The number of hydrogen-bond donors (Lipinski definition) is 3. The number of likely N-dealkylation sites (N-methyl/N-ethyl adjacent to an activating group) is 1. The fraction of sp³-hybridized carbons (Fsp3) is 0.943. The number of unbranched alkanes of at least 4 members (excludes halogenated alkanes) is 35. The lowest BCUT2D eigenvalue weighted by molar-refractivity contribution is -0.870. The maximum atomic E-state index is 13.0. The van der Waals surface area contributed by atoms with Crippen LogP contribution in [0.25, 0.3) is 0 Å². The molecule has 0 aromatic rings. The quantitative estimate of drug-likeness (QED) is 0.0243. The highest BCUT2D eigenvalue weighted by atomic mass is 31.2. The Bertz CT molecular complexity index is 1020. The molecule has 0 heterocycles. The molecule has 0 bridgehead atoms. The Morgan fingerprint density at radius 2 is 0.871 bits per heavy atom. The third-order valence-electron chi connectivity index (χ3n) is 12.5. The van der Waals surface area contributed by atoms with Crippen molar-refractivity contribution < 1.29 is 32.9 Å². The average molecular weight is 900 g/mol. The van der Waals surface area contributed by atoms with Crippen LogP contribution in [0.4, 0.5) is 0 Å². The second-order valence-corrected chi connectivity index (χ2v) is 21.4. The third-order valence-corrected chi connectivity index (χ3v) is 13.5. The number of allylic oxidation sites excluding steroid dienone is 2. The molecule has 0 aromatic carbocycles. The lowest BCUT2D eigenvalue weighted by atomic mass is 10.0.